The summed E-state index contributed by atoms with van der Waals surface area (Å²) in [4.78, 5) is 0. The molecule has 2 atom stereocenters. The van der Waals surface area contributed by atoms with Gasteiger partial charge in [-0.25, -0.2) is 0 Å². The molecule has 0 unspecified atom stereocenters. The van der Waals surface area contributed by atoms with Gasteiger partial charge in [0.1, 0.15) is 0 Å². The van der Waals surface area contributed by atoms with Crippen LogP contribution in [0.4, 0.5) is 0 Å². The predicted octanol–water partition coefficient (Wildman–Crippen LogP) is 1.92. The van der Waals surface area contributed by atoms with Gasteiger partial charge in [-0.15, -0.1) is 0 Å². The molecule has 0 saturated heterocycles. The van der Waals surface area contributed by atoms with Gasteiger partial charge < -0.3 is 16.6 Å². The van der Waals surface area contributed by atoms with E-state index in [1.165, 1.54) is 7.05 Å². The third-order valence-corrected chi connectivity index (χ3v) is 4.22. The van der Waals surface area contributed by atoms with Crippen LogP contribution in [0, 0.1) is 0 Å². The summed E-state index contributed by atoms with van der Waals surface area (Å²) < 4.78 is 0. The Bertz CT molecular complexity index is 413. The Labute approximate surface area is 112 Å². The Hall–Kier alpha value is -0.320. The Kier molecular flexibility index (Phi) is 4.44. The van der Waals surface area contributed by atoms with Crippen LogP contribution in [0.3, 0.4) is 0 Å². The van der Waals surface area contributed by atoms with Crippen molar-refractivity contribution in [2.45, 2.75) is 24.3 Å². The van der Waals surface area contributed by atoms with E-state index in [-0.39, 0.29) is 12.0 Å². The lowest BCUT2D eigenvalue weighted by atomic mass is 9.93. The highest BCUT2D eigenvalue weighted by atomic mass is 35.5. The molecule has 1 aromatic rings. The summed E-state index contributed by atoms with van der Waals surface area (Å²) in [6.45, 7) is 2.02. The molecule has 5 N–H and O–H groups in total. The molecule has 3 nitrogen and oxygen atoms in total. The van der Waals surface area contributed by atoms with E-state index in [1.54, 1.807) is 6.07 Å². The molecule has 5 heteroatoms. The van der Waals surface area contributed by atoms with Crippen molar-refractivity contribution >= 4 is 23.2 Å². The summed E-state index contributed by atoms with van der Waals surface area (Å²) in [6.07, 6.45) is 0.772. The fourth-order valence-electron chi connectivity index (χ4n) is 2.05. The van der Waals surface area contributed by atoms with E-state index in [1.807, 2.05) is 19.1 Å². The van der Waals surface area contributed by atoms with Crippen LogP contribution in [0.1, 0.15) is 18.9 Å². The summed E-state index contributed by atoms with van der Waals surface area (Å²) in [5.41, 5.74) is 10.9. The fourth-order valence-corrected chi connectivity index (χ4v) is 2.34. The summed E-state index contributed by atoms with van der Waals surface area (Å²) >= 11 is 11.8. The summed E-state index contributed by atoms with van der Waals surface area (Å²) in [7, 11) is 1.50. The zero-order valence-corrected chi connectivity index (χ0v) is 11.5. The fraction of sp³-hybridized carbons (Fsp3) is 0.500. The second-order valence-corrected chi connectivity index (χ2v) is 5.27. The highest BCUT2D eigenvalue weighted by Crippen LogP contribution is 2.55. The first-order chi connectivity index (χ1) is 7.93. The monoisotopic (exact) mass is 276 g/mol. The van der Waals surface area contributed by atoms with Crippen LogP contribution in [-0.2, 0) is 5.41 Å². The van der Waals surface area contributed by atoms with Crippen LogP contribution in [-0.4, -0.2) is 24.3 Å². The molecule has 1 saturated carbocycles. The standard InChI is InChI=1S/C11H13Cl2NO.CH5N/c1-10(5-11(10,14)6-15)7-2-3-8(12)9(13)4-7;1-2/h2-4,15H,5-6,14H2,1H3;2H2,1H3/t10-,11+;/m0./s1. The van der Waals surface area contributed by atoms with Crippen LogP contribution in [0.25, 0.3) is 0 Å². The van der Waals surface area contributed by atoms with E-state index in [2.05, 4.69) is 5.73 Å². The van der Waals surface area contributed by atoms with Crippen LogP contribution in [0.5, 0.6) is 0 Å². The Morgan fingerprint density at radius 2 is 1.88 bits per heavy atom. The molecule has 17 heavy (non-hydrogen) atoms. The van der Waals surface area contributed by atoms with Gasteiger partial charge in [0.05, 0.1) is 16.7 Å². The summed E-state index contributed by atoms with van der Waals surface area (Å²) in [6, 6.07) is 5.51. The normalized spacial score (nSPS) is 30.5. The quantitative estimate of drug-likeness (QED) is 0.773. The first kappa shape index (κ1) is 14.7. The van der Waals surface area contributed by atoms with E-state index < -0.39 is 5.54 Å². The molecule has 96 valence electrons. The second kappa shape index (κ2) is 5.12. The second-order valence-electron chi connectivity index (χ2n) is 4.45. The lowest BCUT2D eigenvalue weighted by Crippen LogP contribution is -2.35. The molecule has 0 bridgehead atoms. The molecule has 1 aliphatic rings. The predicted molar refractivity (Wildman–Crippen MR) is 72.5 cm³/mol. The van der Waals surface area contributed by atoms with Crippen molar-refractivity contribution in [3.63, 3.8) is 0 Å². The van der Waals surface area contributed by atoms with Crippen molar-refractivity contribution in [3.05, 3.63) is 33.8 Å². The SMILES string of the molecule is CN.C[C@@]1(c2ccc(Cl)c(Cl)c2)C[C@@]1(N)CO. The molecule has 1 aliphatic carbocycles. The minimum atomic E-state index is -0.510. The number of halogens is 2. The molecule has 1 fully saturated rings. The third-order valence-electron chi connectivity index (χ3n) is 3.48. The first-order valence-corrected chi connectivity index (χ1v) is 6.11. The van der Waals surface area contributed by atoms with Crippen LogP contribution in [0.2, 0.25) is 10.0 Å². The van der Waals surface area contributed by atoms with Crippen molar-refractivity contribution in [2.75, 3.05) is 13.7 Å². The Balaban J connectivity index is 0.000000686. The van der Waals surface area contributed by atoms with Crippen LogP contribution >= 0.6 is 23.2 Å². The molecule has 0 heterocycles. The average Bonchev–Trinajstić information content (AvgIpc) is 2.90. The third kappa shape index (κ3) is 2.44. The first-order valence-electron chi connectivity index (χ1n) is 5.36. The van der Waals surface area contributed by atoms with Gasteiger partial charge in [-0.2, -0.15) is 0 Å². The van der Waals surface area contributed by atoms with Crippen LogP contribution in [0.15, 0.2) is 18.2 Å². The minimum Gasteiger partial charge on any atom is -0.394 e. The molecule has 0 amide bonds. The highest BCUT2D eigenvalue weighted by molar-refractivity contribution is 6.42. The molecule has 0 aromatic heterocycles. The zero-order chi connectivity index (χ0) is 13.3. The number of hydrogen-bond acceptors (Lipinski definition) is 3. The molecule has 0 aliphatic heterocycles. The Morgan fingerprint density at radius 3 is 2.29 bits per heavy atom. The molecule has 0 spiro atoms. The van der Waals surface area contributed by atoms with E-state index in [0.29, 0.717) is 10.0 Å². The lowest BCUT2D eigenvalue weighted by molar-refractivity contribution is 0.243. The number of rotatable bonds is 2. The van der Waals surface area contributed by atoms with Gasteiger partial charge in [0.15, 0.2) is 0 Å². The van der Waals surface area contributed by atoms with Gasteiger partial charge in [-0.3, -0.25) is 0 Å². The Morgan fingerprint density at radius 1 is 1.29 bits per heavy atom. The number of aliphatic hydroxyl groups is 1. The van der Waals surface area contributed by atoms with Gasteiger partial charge in [-0.1, -0.05) is 36.2 Å². The summed E-state index contributed by atoms with van der Waals surface area (Å²) in [5, 5.41) is 10.3. The minimum absolute atomic E-state index is 0.0102. The molecular weight excluding hydrogens is 259 g/mol. The summed E-state index contributed by atoms with van der Waals surface area (Å²) in [5.74, 6) is 0. The van der Waals surface area contributed by atoms with E-state index >= 15 is 0 Å². The average molecular weight is 277 g/mol. The lowest BCUT2D eigenvalue weighted by Gasteiger charge is -2.17. The topological polar surface area (TPSA) is 72.3 Å². The largest absolute Gasteiger partial charge is 0.394 e. The van der Waals surface area contributed by atoms with E-state index in [4.69, 9.17) is 28.9 Å². The van der Waals surface area contributed by atoms with Crippen molar-refractivity contribution in [3.8, 4) is 0 Å². The van der Waals surface area contributed by atoms with Gasteiger partial charge in [0.25, 0.3) is 0 Å². The smallest absolute Gasteiger partial charge is 0.0620 e. The molecule has 0 radical (unpaired) electrons. The van der Waals surface area contributed by atoms with Crippen LogP contribution < -0.4 is 11.5 Å². The van der Waals surface area contributed by atoms with Gasteiger partial charge in [0, 0.05) is 11.0 Å². The van der Waals surface area contributed by atoms with Gasteiger partial charge >= 0.3 is 0 Å². The maximum absolute atomic E-state index is 9.20. The van der Waals surface area contributed by atoms with Crippen molar-refractivity contribution < 1.29 is 5.11 Å². The van der Waals surface area contributed by atoms with E-state index in [0.717, 1.165) is 12.0 Å². The highest BCUT2D eigenvalue weighted by Gasteiger charge is 2.62. The van der Waals surface area contributed by atoms with Crippen molar-refractivity contribution in [1.29, 1.82) is 0 Å². The number of hydrogen-bond donors (Lipinski definition) is 3. The molecular formula is C12H18Cl2N2O. The van der Waals surface area contributed by atoms with E-state index in [9.17, 15) is 5.11 Å². The zero-order valence-electron chi connectivity index (χ0n) is 10.0. The maximum atomic E-state index is 9.20. The van der Waals surface area contributed by atoms with Crippen molar-refractivity contribution in [1.82, 2.24) is 0 Å². The maximum Gasteiger partial charge on any atom is 0.0620 e. The number of nitrogens with two attached hydrogens (primary N) is 2. The number of benzene rings is 1. The van der Waals surface area contributed by atoms with Gasteiger partial charge in [-0.05, 0) is 31.2 Å². The van der Waals surface area contributed by atoms with Gasteiger partial charge in [0.2, 0.25) is 0 Å². The molecule has 1 aromatic carbocycles. The molecule has 2 rings (SSSR count). The number of aliphatic hydroxyl groups excluding tert-OH is 1. The van der Waals surface area contributed by atoms with Crippen molar-refractivity contribution in [2.24, 2.45) is 11.5 Å².